The van der Waals surface area contributed by atoms with Gasteiger partial charge in [0.15, 0.2) is 0 Å². The molecule has 0 aliphatic rings. The van der Waals surface area contributed by atoms with Crippen LogP contribution in [0.3, 0.4) is 0 Å². The molecule has 17 heavy (non-hydrogen) atoms. The first kappa shape index (κ1) is 11.8. The summed E-state index contributed by atoms with van der Waals surface area (Å²) in [6.07, 6.45) is 0.266. The minimum absolute atomic E-state index is 0.130. The lowest BCUT2D eigenvalue weighted by molar-refractivity contribution is -0.114. The number of thiazole rings is 1. The molecule has 0 saturated carbocycles. The van der Waals surface area contributed by atoms with Gasteiger partial charge in [-0.1, -0.05) is 17.4 Å². The van der Waals surface area contributed by atoms with Crippen LogP contribution in [0.5, 0.6) is 0 Å². The second-order valence-electron chi connectivity index (χ2n) is 3.28. The van der Waals surface area contributed by atoms with Gasteiger partial charge < -0.3 is 5.32 Å². The van der Waals surface area contributed by atoms with Crippen molar-refractivity contribution >= 4 is 33.6 Å². The molecule has 0 radical (unpaired) electrons. The fourth-order valence-electron chi connectivity index (χ4n) is 1.33. The summed E-state index contributed by atoms with van der Waals surface area (Å²) >= 11 is 2.91. The van der Waals surface area contributed by atoms with Crippen LogP contribution >= 0.6 is 22.7 Å². The molecule has 2 rings (SSSR count). The smallest absolute Gasteiger partial charge is 0.221 e. The van der Waals surface area contributed by atoms with Gasteiger partial charge in [-0.25, -0.2) is 4.98 Å². The number of nitriles is 1. The molecule has 1 amide bonds. The van der Waals surface area contributed by atoms with Crippen molar-refractivity contribution in [1.29, 1.82) is 5.26 Å². The Bertz CT molecular complexity index is 566. The maximum atomic E-state index is 11.1. The summed E-state index contributed by atoms with van der Waals surface area (Å²) < 4.78 is 0. The van der Waals surface area contributed by atoms with E-state index in [0.29, 0.717) is 5.00 Å². The molecule has 0 saturated heterocycles. The van der Waals surface area contributed by atoms with Gasteiger partial charge >= 0.3 is 0 Å². The Balaban J connectivity index is 2.41. The summed E-state index contributed by atoms with van der Waals surface area (Å²) in [4.78, 5) is 16.5. The highest BCUT2D eigenvalue weighted by atomic mass is 32.1. The normalized spacial score (nSPS) is 9.88. The van der Waals surface area contributed by atoms with Crippen LogP contribution in [0.25, 0.3) is 10.6 Å². The van der Waals surface area contributed by atoms with Crippen LogP contribution in [0.1, 0.15) is 11.9 Å². The highest BCUT2D eigenvalue weighted by Gasteiger charge is 2.14. The van der Waals surface area contributed by atoms with Crippen LogP contribution in [0.2, 0.25) is 0 Å². The Hall–Kier alpha value is -1.71. The molecule has 1 N–H and O–H groups in total. The van der Waals surface area contributed by atoms with Gasteiger partial charge in [-0.2, -0.15) is 5.26 Å². The van der Waals surface area contributed by atoms with Crippen molar-refractivity contribution in [1.82, 2.24) is 4.98 Å². The second kappa shape index (κ2) is 5.08. The summed E-state index contributed by atoms with van der Waals surface area (Å²) in [5.41, 5.74) is 0.755. The van der Waals surface area contributed by atoms with E-state index in [0.717, 1.165) is 15.6 Å². The van der Waals surface area contributed by atoms with Gasteiger partial charge in [0.1, 0.15) is 15.7 Å². The molecular formula is C11H9N3OS2. The van der Waals surface area contributed by atoms with Crippen molar-refractivity contribution < 1.29 is 4.79 Å². The zero-order valence-electron chi connectivity index (χ0n) is 9.06. The van der Waals surface area contributed by atoms with E-state index in [1.807, 2.05) is 17.5 Å². The van der Waals surface area contributed by atoms with Crippen LogP contribution in [0.15, 0.2) is 17.5 Å². The van der Waals surface area contributed by atoms with Crippen LogP contribution < -0.4 is 5.32 Å². The Kier molecular flexibility index (Phi) is 3.52. The lowest BCUT2D eigenvalue weighted by atomic mass is 10.3. The maximum absolute atomic E-state index is 11.1. The molecule has 0 spiro atoms. The molecule has 86 valence electrons. The Morgan fingerprint density at radius 1 is 1.65 bits per heavy atom. The third-order valence-corrected chi connectivity index (χ3v) is 3.79. The molecule has 0 bridgehead atoms. The molecule has 6 heteroatoms. The Labute approximate surface area is 107 Å². The molecule has 2 aromatic heterocycles. The van der Waals surface area contributed by atoms with Crippen molar-refractivity contribution in [2.75, 3.05) is 5.32 Å². The lowest BCUT2D eigenvalue weighted by Gasteiger charge is -1.99. The number of carbonyl (C=O) groups is 1. The number of thiophene rings is 1. The number of carbonyl (C=O) groups excluding carboxylic acids is 1. The number of hydrogen-bond acceptors (Lipinski definition) is 5. The maximum Gasteiger partial charge on any atom is 0.221 e. The SMILES string of the molecule is CC(=O)Nc1sc(CC#N)nc1-c1cccs1. The number of amides is 1. The zero-order chi connectivity index (χ0) is 12.3. The van der Waals surface area contributed by atoms with Crippen molar-refractivity contribution in [3.05, 3.63) is 22.5 Å². The fraction of sp³-hybridized carbons (Fsp3) is 0.182. The van der Waals surface area contributed by atoms with Crippen LogP contribution in [-0.4, -0.2) is 10.9 Å². The van der Waals surface area contributed by atoms with Gasteiger partial charge in [0.2, 0.25) is 5.91 Å². The number of anilines is 1. The number of nitrogens with zero attached hydrogens (tertiary/aromatic N) is 2. The zero-order valence-corrected chi connectivity index (χ0v) is 10.7. The Morgan fingerprint density at radius 3 is 3.06 bits per heavy atom. The quantitative estimate of drug-likeness (QED) is 0.926. The van der Waals surface area contributed by atoms with E-state index in [2.05, 4.69) is 16.4 Å². The third kappa shape index (κ3) is 2.70. The average molecular weight is 263 g/mol. The van der Waals surface area contributed by atoms with Crippen molar-refractivity contribution in [2.24, 2.45) is 0 Å². The molecule has 0 unspecified atom stereocenters. The van der Waals surface area contributed by atoms with E-state index in [9.17, 15) is 4.79 Å². The van der Waals surface area contributed by atoms with Crippen LogP contribution in [0, 0.1) is 11.3 Å². The molecular weight excluding hydrogens is 254 g/mol. The summed E-state index contributed by atoms with van der Waals surface area (Å²) in [6.45, 7) is 1.46. The molecule has 0 aliphatic heterocycles. The number of aromatic nitrogens is 1. The highest BCUT2D eigenvalue weighted by molar-refractivity contribution is 7.18. The fourth-order valence-corrected chi connectivity index (χ4v) is 3.07. The largest absolute Gasteiger partial charge is 0.316 e. The summed E-state index contributed by atoms with van der Waals surface area (Å²) in [7, 11) is 0. The summed E-state index contributed by atoms with van der Waals surface area (Å²) in [5.74, 6) is -0.130. The van der Waals surface area contributed by atoms with Crippen molar-refractivity contribution in [3.8, 4) is 16.6 Å². The first-order chi connectivity index (χ1) is 8.20. The first-order valence-corrected chi connectivity index (χ1v) is 6.58. The van der Waals surface area contributed by atoms with E-state index >= 15 is 0 Å². The first-order valence-electron chi connectivity index (χ1n) is 4.89. The standard InChI is InChI=1S/C11H9N3OS2/c1-7(15)13-11-10(8-3-2-6-16-8)14-9(17-11)4-5-12/h2-3,6H,4H2,1H3,(H,13,15). The van der Waals surface area contributed by atoms with Crippen molar-refractivity contribution in [2.45, 2.75) is 13.3 Å². The number of rotatable bonds is 3. The van der Waals surface area contributed by atoms with Gasteiger partial charge in [0, 0.05) is 6.92 Å². The predicted molar refractivity (Wildman–Crippen MR) is 69.0 cm³/mol. The van der Waals surface area contributed by atoms with E-state index in [4.69, 9.17) is 5.26 Å². The molecule has 0 aliphatic carbocycles. The third-order valence-electron chi connectivity index (χ3n) is 1.95. The van der Waals surface area contributed by atoms with E-state index in [1.54, 1.807) is 11.3 Å². The van der Waals surface area contributed by atoms with Gasteiger partial charge in [-0.15, -0.1) is 11.3 Å². The van der Waals surface area contributed by atoms with E-state index in [-0.39, 0.29) is 12.3 Å². The highest BCUT2D eigenvalue weighted by Crippen LogP contribution is 2.35. The van der Waals surface area contributed by atoms with Crippen LogP contribution in [0.4, 0.5) is 5.00 Å². The summed E-state index contributed by atoms with van der Waals surface area (Å²) in [5, 5.41) is 14.8. The molecule has 2 aromatic rings. The second-order valence-corrected chi connectivity index (χ2v) is 5.31. The molecule has 0 atom stereocenters. The molecule has 4 nitrogen and oxygen atoms in total. The topological polar surface area (TPSA) is 65.8 Å². The van der Waals surface area contributed by atoms with Gasteiger partial charge in [-0.3, -0.25) is 4.79 Å². The monoisotopic (exact) mass is 263 g/mol. The van der Waals surface area contributed by atoms with Gasteiger partial charge in [0.25, 0.3) is 0 Å². The predicted octanol–water partition coefficient (Wildman–Crippen LogP) is 2.90. The molecule has 2 heterocycles. The number of nitrogens with one attached hydrogen (secondary N) is 1. The van der Waals surface area contributed by atoms with E-state index < -0.39 is 0 Å². The van der Waals surface area contributed by atoms with E-state index in [1.165, 1.54) is 18.3 Å². The molecule has 0 aromatic carbocycles. The number of hydrogen-bond donors (Lipinski definition) is 1. The molecule has 0 fully saturated rings. The minimum Gasteiger partial charge on any atom is -0.316 e. The van der Waals surface area contributed by atoms with Crippen LogP contribution in [-0.2, 0) is 11.2 Å². The van der Waals surface area contributed by atoms with Crippen molar-refractivity contribution in [3.63, 3.8) is 0 Å². The van der Waals surface area contributed by atoms with Gasteiger partial charge in [-0.05, 0) is 11.4 Å². The lowest BCUT2D eigenvalue weighted by Crippen LogP contribution is -2.04. The average Bonchev–Trinajstić information content (AvgIpc) is 2.86. The minimum atomic E-state index is -0.130. The van der Waals surface area contributed by atoms with Gasteiger partial charge in [0.05, 0.1) is 17.4 Å². The summed E-state index contributed by atoms with van der Waals surface area (Å²) in [6, 6.07) is 5.94. The Morgan fingerprint density at radius 2 is 2.47 bits per heavy atom.